The molecule has 2 heterocycles. The second kappa shape index (κ2) is 7.04. The zero-order valence-electron chi connectivity index (χ0n) is 15.3. The highest BCUT2D eigenvalue weighted by atomic mass is 32.1. The van der Waals surface area contributed by atoms with E-state index >= 15 is 0 Å². The molecular formula is C24H16N2O2S. The van der Waals surface area contributed by atoms with E-state index < -0.39 is 0 Å². The van der Waals surface area contributed by atoms with Gasteiger partial charge in [-0.2, -0.15) is 0 Å². The number of thiazole rings is 1. The van der Waals surface area contributed by atoms with Crippen molar-refractivity contribution in [3.05, 3.63) is 105 Å². The summed E-state index contributed by atoms with van der Waals surface area (Å²) in [4.78, 5) is 18.8. The summed E-state index contributed by atoms with van der Waals surface area (Å²) in [6.45, 7) is 0. The van der Waals surface area contributed by atoms with Gasteiger partial charge in [-0.1, -0.05) is 84.1 Å². The lowest BCUT2D eigenvalue weighted by Gasteiger charge is -2.04. The zero-order valence-corrected chi connectivity index (χ0v) is 16.1. The molecule has 0 spiro atoms. The molecule has 0 fully saturated rings. The average molecular weight is 396 g/mol. The summed E-state index contributed by atoms with van der Waals surface area (Å²) >= 11 is 1.35. The van der Waals surface area contributed by atoms with E-state index in [1.54, 1.807) is 28.7 Å². The summed E-state index contributed by atoms with van der Waals surface area (Å²) in [5.41, 5.74) is 4.17. The van der Waals surface area contributed by atoms with Gasteiger partial charge in [0, 0.05) is 11.1 Å². The zero-order chi connectivity index (χ0) is 19.8. The Morgan fingerprint density at radius 3 is 2.24 bits per heavy atom. The molecule has 0 aliphatic carbocycles. The summed E-state index contributed by atoms with van der Waals surface area (Å²) in [6.07, 6.45) is 1.79. The van der Waals surface area contributed by atoms with Crippen LogP contribution in [0, 0.1) is 0 Å². The molecule has 5 heteroatoms. The number of hydrogen-bond acceptors (Lipinski definition) is 4. The number of benzene rings is 3. The normalized spacial score (nSPS) is 11.9. The molecule has 0 unspecified atom stereocenters. The molecule has 3 aromatic carbocycles. The molecule has 0 atom stereocenters. The molecule has 0 bridgehead atoms. The monoisotopic (exact) mass is 396 g/mol. The Hall–Kier alpha value is -3.70. The first-order chi connectivity index (χ1) is 14.2. The van der Waals surface area contributed by atoms with Gasteiger partial charge in [-0.05, 0) is 23.8 Å². The van der Waals surface area contributed by atoms with Crippen LogP contribution in [0.4, 0.5) is 0 Å². The Balaban J connectivity index is 1.81. The second-order valence-corrected chi connectivity index (χ2v) is 7.68. The van der Waals surface area contributed by atoms with Gasteiger partial charge in [-0.3, -0.25) is 4.79 Å². The standard InChI is InChI=1S/C24H16N2O2S/c27-19-13-7-8-16(14-19)15-20-23(28)26-22(18-11-5-2-6-12-18)21(25-24(26)29-20)17-9-3-1-4-10-17/h1-15,27H/b20-15+. The quantitative estimate of drug-likeness (QED) is 0.493. The molecule has 2 aromatic heterocycles. The highest BCUT2D eigenvalue weighted by Crippen LogP contribution is 2.32. The van der Waals surface area contributed by atoms with Crippen LogP contribution in [-0.4, -0.2) is 14.5 Å². The van der Waals surface area contributed by atoms with Crippen molar-refractivity contribution in [3.63, 3.8) is 0 Å². The summed E-state index contributed by atoms with van der Waals surface area (Å²) in [7, 11) is 0. The van der Waals surface area contributed by atoms with Gasteiger partial charge in [-0.15, -0.1) is 0 Å². The predicted molar refractivity (Wildman–Crippen MR) is 117 cm³/mol. The fourth-order valence-corrected chi connectivity index (χ4v) is 4.40. The van der Waals surface area contributed by atoms with Crippen molar-refractivity contribution in [3.8, 4) is 28.3 Å². The molecule has 0 amide bonds. The Labute approximate surface area is 170 Å². The number of imidazole rings is 1. The average Bonchev–Trinajstić information content (AvgIpc) is 3.26. The lowest BCUT2D eigenvalue weighted by Crippen LogP contribution is -2.23. The summed E-state index contributed by atoms with van der Waals surface area (Å²) in [5, 5.41) is 9.70. The molecule has 0 aliphatic heterocycles. The van der Waals surface area contributed by atoms with E-state index in [0.717, 1.165) is 28.1 Å². The van der Waals surface area contributed by atoms with Crippen molar-refractivity contribution in [2.75, 3.05) is 0 Å². The largest absolute Gasteiger partial charge is 0.508 e. The highest BCUT2D eigenvalue weighted by molar-refractivity contribution is 7.15. The van der Waals surface area contributed by atoms with Gasteiger partial charge in [0.1, 0.15) is 5.75 Å². The minimum Gasteiger partial charge on any atom is -0.508 e. The molecule has 4 nitrogen and oxygen atoms in total. The van der Waals surface area contributed by atoms with Crippen LogP contribution in [-0.2, 0) is 0 Å². The Bertz CT molecular complexity index is 1420. The number of rotatable bonds is 3. The van der Waals surface area contributed by atoms with Gasteiger partial charge in [0.25, 0.3) is 5.56 Å². The lowest BCUT2D eigenvalue weighted by atomic mass is 10.1. The first-order valence-electron chi connectivity index (χ1n) is 9.17. The van der Waals surface area contributed by atoms with Crippen LogP contribution in [0.2, 0.25) is 0 Å². The maximum atomic E-state index is 13.3. The van der Waals surface area contributed by atoms with Crippen molar-refractivity contribution in [2.24, 2.45) is 0 Å². The maximum Gasteiger partial charge on any atom is 0.274 e. The van der Waals surface area contributed by atoms with E-state index in [4.69, 9.17) is 4.98 Å². The van der Waals surface area contributed by atoms with Gasteiger partial charge >= 0.3 is 0 Å². The first-order valence-corrected chi connectivity index (χ1v) is 9.99. The fraction of sp³-hybridized carbons (Fsp3) is 0. The molecule has 0 saturated heterocycles. The smallest absolute Gasteiger partial charge is 0.274 e. The summed E-state index contributed by atoms with van der Waals surface area (Å²) < 4.78 is 2.27. The minimum absolute atomic E-state index is 0.109. The molecule has 5 rings (SSSR count). The van der Waals surface area contributed by atoms with Crippen LogP contribution < -0.4 is 10.1 Å². The molecule has 0 aliphatic rings. The molecule has 1 N–H and O–H groups in total. The number of aromatic hydroxyl groups is 1. The molecule has 5 aromatic rings. The van der Waals surface area contributed by atoms with E-state index in [0.29, 0.717) is 9.49 Å². The van der Waals surface area contributed by atoms with E-state index in [1.165, 1.54) is 11.3 Å². The molecule has 0 saturated carbocycles. The molecule has 29 heavy (non-hydrogen) atoms. The van der Waals surface area contributed by atoms with Crippen molar-refractivity contribution in [1.82, 2.24) is 9.38 Å². The third kappa shape index (κ3) is 3.11. The van der Waals surface area contributed by atoms with Crippen LogP contribution in [0.1, 0.15) is 5.56 Å². The van der Waals surface area contributed by atoms with Gasteiger partial charge < -0.3 is 5.11 Å². The van der Waals surface area contributed by atoms with Gasteiger partial charge in [0.05, 0.1) is 15.9 Å². The van der Waals surface area contributed by atoms with Gasteiger partial charge in [0.2, 0.25) is 0 Å². The lowest BCUT2D eigenvalue weighted by molar-refractivity contribution is 0.475. The maximum absolute atomic E-state index is 13.3. The number of phenols is 1. The van der Waals surface area contributed by atoms with Crippen LogP contribution in [0.25, 0.3) is 33.6 Å². The number of nitrogens with zero attached hydrogens (tertiary/aromatic N) is 2. The van der Waals surface area contributed by atoms with E-state index in [9.17, 15) is 9.90 Å². The second-order valence-electron chi connectivity index (χ2n) is 6.67. The molecule has 0 radical (unpaired) electrons. The van der Waals surface area contributed by atoms with E-state index in [1.807, 2.05) is 66.7 Å². The highest BCUT2D eigenvalue weighted by Gasteiger charge is 2.19. The van der Waals surface area contributed by atoms with Gasteiger partial charge in [-0.25, -0.2) is 9.38 Å². The number of fused-ring (bicyclic) bond motifs is 1. The first kappa shape index (κ1) is 17.4. The topological polar surface area (TPSA) is 54.6 Å². The van der Waals surface area contributed by atoms with E-state index in [-0.39, 0.29) is 11.3 Å². The summed E-state index contributed by atoms with van der Waals surface area (Å²) in [5.74, 6) is 0.170. The van der Waals surface area contributed by atoms with Crippen molar-refractivity contribution < 1.29 is 5.11 Å². The van der Waals surface area contributed by atoms with Gasteiger partial charge in [0.15, 0.2) is 4.96 Å². The van der Waals surface area contributed by atoms with Crippen molar-refractivity contribution in [1.29, 1.82) is 0 Å². The number of hydrogen-bond donors (Lipinski definition) is 1. The summed E-state index contributed by atoms with van der Waals surface area (Å²) in [6, 6.07) is 26.6. The van der Waals surface area contributed by atoms with Crippen LogP contribution >= 0.6 is 11.3 Å². The van der Waals surface area contributed by atoms with Crippen LogP contribution in [0.15, 0.2) is 89.7 Å². The van der Waals surface area contributed by atoms with Crippen molar-refractivity contribution in [2.45, 2.75) is 0 Å². The van der Waals surface area contributed by atoms with E-state index in [2.05, 4.69) is 0 Å². The SMILES string of the molecule is O=c1/c(=C\c2cccc(O)c2)sc2nc(-c3ccccc3)c(-c3ccccc3)n12. The predicted octanol–water partition coefficient (Wildman–Crippen LogP) is 4.34. The van der Waals surface area contributed by atoms with Crippen LogP contribution in [0.3, 0.4) is 0 Å². The molecule has 140 valence electrons. The fourth-order valence-electron chi connectivity index (χ4n) is 3.43. The third-order valence-corrected chi connectivity index (χ3v) is 5.69. The third-order valence-electron chi connectivity index (χ3n) is 4.72. The van der Waals surface area contributed by atoms with Crippen molar-refractivity contribution >= 4 is 22.4 Å². The molecular weight excluding hydrogens is 380 g/mol. The number of aromatic nitrogens is 2. The minimum atomic E-state index is -0.109. The Morgan fingerprint density at radius 1 is 0.862 bits per heavy atom. The number of phenolic OH excluding ortho intramolecular Hbond substituents is 1. The Kier molecular flexibility index (Phi) is 4.22. The van der Waals surface area contributed by atoms with Crippen LogP contribution in [0.5, 0.6) is 5.75 Å². The Morgan fingerprint density at radius 2 is 1.55 bits per heavy atom.